The Morgan fingerprint density at radius 2 is 0.609 bits per heavy atom. The molecule has 11 aromatic rings. The highest BCUT2D eigenvalue weighted by atomic mass is 16.5. The first kappa shape index (κ1) is 39.2. The fourth-order valence-electron chi connectivity index (χ4n) is 11.7. The summed E-state index contributed by atoms with van der Waals surface area (Å²) < 4.78 is 6.58. The molecular formula is C67H43NO. The molecule has 1 spiro atoms. The number of hydrogen-bond acceptors (Lipinski definition) is 2. The molecule has 0 bridgehead atoms. The van der Waals surface area contributed by atoms with Gasteiger partial charge in [0.15, 0.2) is 0 Å². The number of ether oxygens (including phenoxy) is 1. The van der Waals surface area contributed by atoms with Crippen molar-refractivity contribution in [3.05, 3.63) is 283 Å². The molecule has 1 aliphatic heterocycles. The SMILES string of the molecule is c1ccc(-c2ccc(N(c3ccc(-c4ccc5c(c4)-c4ccccc4C54c5ccccc5-c5ccccc5-c5ccccc54)cc3)c3ccc4c(c3)-c3ccccc3Oc3ccccc3-4)cc2)cc1. The van der Waals surface area contributed by atoms with E-state index < -0.39 is 5.41 Å². The highest BCUT2D eigenvalue weighted by Gasteiger charge is 2.49. The molecule has 3 aliphatic rings. The Kier molecular flexibility index (Phi) is 8.84. The standard InChI is InChI=1S/C67H43NO/c1-2-16-44(17-3-1)45-30-35-48(36-31-45)68(50-39-40-53-57-23-9-14-28-65(57)69-66-29-15-10-24-58(66)59(53)43-50)49-37-32-46(33-38-49)47-34-41-64-60(42-47)56-22-8-13-27-63(56)67(64)61-25-11-6-20-54(61)51-18-4-5-19-52(51)55-21-7-12-26-62(55)67/h1-43H. The van der Waals surface area contributed by atoms with E-state index in [2.05, 4.69) is 254 Å². The second-order valence-corrected chi connectivity index (χ2v) is 18.3. The van der Waals surface area contributed by atoms with E-state index in [9.17, 15) is 0 Å². The Morgan fingerprint density at radius 3 is 1.17 bits per heavy atom. The lowest BCUT2D eigenvalue weighted by Gasteiger charge is -2.35. The van der Waals surface area contributed by atoms with Gasteiger partial charge in [-0.3, -0.25) is 0 Å². The molecule has 11 aromatic carbocycles. The maximum absolute atomic E-state index is 6.58. The highest BCUT2D eigenvalue weighted by Crippen LogP contribution is 2.62. The van der Waals surface area contributed by atoms with Crippen molar-refractivity contribution in [2.45, 2.75) is 5.41 Å². The minimum absolute atomic E-state index is 0.500. The molecule has 2 heteroatoms. The van der Waals surface area contributed by atoms with Gasteiger partial charge in [0.25, 0.3) is 0 Å². The van der Waals surface area contributed by atoms with Crippen molar-refractivity contribution in [2.24, 2.45) is 0 Å². The maximum Gasteiger partial charge on any atom is 0.135 e. The van der Waals surface area contributed by atoms with E-state index in [-0.39, 0.29) is 0 Å². The summed E-state index contributed by atoms with van der Waals surface area (Å²) in [6.07, 6.45) is 0. The molecule has 0 fully saturated rings. The number of fused-ring (bicyclic) bond motifs is 17. The van der Waals surface area contributed by atoms with Gasteiger partial charge in [0, 0.05) is 28.2 Å². The molecule has 69 heavy (non-hydrogen) atoms. The largest absolute Gasteiger partial charge is 0.456 e. The lowest BCUT2D eigenvalue weighted by molar-refractivity contribution is 0.488. The molecule has 0 saturated heterocycles. The highest BCUT2D eigenvalue weighted by molar-refractivity contribution is 5.98. The predicted molar refractivity (Wildman–Crippen MR) is 285 cm³/mol. The van der Waals surface area contributed by atoms with Crippen LogP contribution in [-0.4, -0.2) is 0 Å². The van der Waals surface area contributed by atoms with Crippen LogP contribution >= 0.6 is 0 Å². The quantitative estimate of drug-likeness (QED) is 0.171. The van der Waals surface area contributed by atoms with Crippen molar-refractivity contribution in [3.8, 4) is 89.4 Å². The van der Waals surface area contributed by atoms with Gasteiger partial charge in [-0.05, 0) is 144 Å². The molecule has 14 rings (SSSR count). The maximum atomic E-state index is 6.58. The molecule has 2 aliphatic carbocycles. The van der Waals surface area contributed by atoms with Crippen LogP contribution in [0.25, 0.3) is 77.9 Å². The van der Waals surface area contributed by atoms with Gasteiger partial charge in [-0.1, -0.05) is 206 Å². The van der Waals surface area contributed by atoms with Crippen molar-refractivity contribution >= 4 is 17.1 Å². The molecule has 0 amide bonds. The third kappa shape index (κ3) is 5.99. The van der Waals surface area contributed by atoms with Gasteiger partial charge in [0.1, 0.15) is 11.5 Å². The third-order valence-electron chi connectivity index (χ3n) is 14.7. The van der Waals surface area contributed by atoms with Gasteiger partial charge in [0.2, 0.25) is 0 Å². The number of anilines is 3. The van der Waals surface area contributed by atoms with E-state index in [4.69, 9.17) is 4.74 Å². The first-order valence-corrected chi connectivity index (χ1v) is 23.8. The van der Waals surface area contributed by atoms with Crippen LogP contribution < -0.4 is 9.64 Å². The molecule has 0 N–H and O–H groups in total. The second-order valence-electron chi connectivity index (χ2n) is 18.3. The molecule has 1 heterocycles. The molecule has 0 aromatic heterocycles. The van der Waals surface area contributed by atoms with Gasteiger partial charge in [0.05, 0.1) is 5.41 Å². The number of rotatable bonds is 5. The summed E-state index contributed by atoms with van der Waals surface area (Å²) in [7, 11) is 0. The van der Waals surface area contributed by atoms with Crippen LogP contribution in [0.2, 0.25) is 0 Å². The monoisotopic (exact) mass is 877 g/mol. The van der Waals surface area contributed by atoms with E-state index in [0.717, 1.165) is 56.4 Å². The van der Waals surface area contributed by atoms with Crippen molar-refractivity contribution in [3.63, 3.8) is 0 Å². The fourth-order valence-corrected chi connectivity index (χ4v) is 11.7. The average Bonchev–Trinajstić information content (AvgIpc) is 3.56. The molecular weight excluding hydrogens is 835 g/mol. The lowest BCUT2D eigenvalue weighted by atomic mass is 9.66. The number of hydrogen-bond donors (Lipinski definition) is 0. The summed E-state index contributed by atoms with van der Waals surface area (Å²) in [5.74, 6) is 1.71. The number of benzene rings is 11. The van der Waals surface area contributed by atoms with Crippen LogP contribution in [0.4, 0.5) is 17.1 Å². The van der Waals surface area contributed by atoms with E-state index in [1.54, 1.807) is 0 Å². The van der Waals surface area contributed by atoms with E-state index in [1.165, 1.54) is 72.3 Å². The Hall–Kier alpha value is -8.98. The van der Waals surface area contributed by atoms with Gasteiger partial charge in [-0.15, -0.1) is 0 Å². The van der Waals surface area contributed by atoms with Crippen molar-refractivity contribution in [1.29, 1.82) is 0 Å². The molecule has 2 nitrogen and oxygen atoms in total. The van der Waals surface area contributed by atoms with E-state index in [1.807, 2.05) is 12.1 Å². The zero-order chi connectivity index (χ0) is 45.5. The van der Waals surface area contributed by atoms with Crippen LogP contribution in [-0.2, 0) is 5.41 Å². The van der Waals surface area contributed by atoms with E-state index in [0.29, 0.717) is 0 Å². The van der Waals surface area contributed by atoms with Gasteiger partial charge >= 0.3 is 0 Å². The average molecular weight is 878 g/mol. The normalized spacial score (nSPS) is 12.9. The van der Waals surface area contributed by atoms with Crippen molar-refractivity contribution < 1.29 is 4.74 Å². The van der Waals surface area contributed by atoms with Crippen molar-refractivity contribution in [2.75, 3.05) is 4.90 Å². The van der Waals surface area contributed by atoms with Crippen LogP contribution in [0, 0.1) is 0 Å². The molecule has 0 unspecified atom stereocenters. The lowest BCUT2D eigenvalue weighted by Crippen LogP contribution is -2.29. The predicted octanol–water partition coefficient (Wildman–Crippen LogP) is 17.9. The number of para-hydroxylation sites is 2. The molecule has 322 valence electrons. The Morgan fingerprint density at radius 1 is 0.232 bits per heavy atom. The summed E-state index contributed by atoms with van der Waals surface area (Å²) in [5.41, 5.74) is 24.8. The fraction of sp³-hybridized carbons (Fsp3) is 0.0149. The van der Waals surface area contributed by atoms with Crippen LogP contribution in [0.15, 0.2) is 261 Å². The Bertz CT molecular complexity index is 3740. The molecule has 0 radical (unpaired) electrons. The second kappa shape index (κ2) is 15.6. The third-order valence-corrected chi connectivity index (χ3v) is 14.7. The van der Waals surface area contributed by atoms with E-state index >= 15 is 0 Å². The van der Waals surface area contributed by atoms with Crippen LogP contribution in [0.5, 0.6) is 11.5 Å². The van der Waals surface area contributed by atoms with Gasteiger partial charge in [-0.25, -0.2) is 0 Å². The van der Waals surface area contributed by atoms with Crippen LogP contribution in [0.1, 0.15) is 22.3 Å². The number of nitrogens with zero attached hydrogens (tertiary/aromatic N) is 1. The first-order valence-electron chi connectivity index (χ1n) is 23.8. The summed E-state index contributed by atoms with van der Waals surface area (Å²) in [6, 6.07) is 95.6. The summed E-state index contributed by atoms with van der Waals surface area (Å²) in [6.45, 7) is 0. The smallest absolute Gasteiger partial charge is 0.135 e. The Balaban J connectivity index is 0.909. The first-order chi connectivity index (χ1) is 34.2. The van der Waals surface area contributed by atoms with Gasteiger partial charge < -0.3 is 9.64 Å². The van der Waals surface area contributed by atoms with Gasteiger partial charge in [-0.2, -0.15) is 0 Å². The summed E-state index contributed by atoms with van der Waals surface area (Å²) >= 11 is 0. The van der Waals surface area contributed by atoms with Crippen molar-refractivity contribution in [1.82, 2.24) is 0 Å². The summed E-state index contributed by atoms with van der Waals surface area (Å²) in [5, 5.41) is 0. The Labute approximate surface area is 402 Å². The zero-order valence-corrected chi connectivity index (χ0v) is 37.7. The van der Waals surface area contributed by atoms with Crippen LogP contribution in [0.3, 0.4) is 0 Å². The minimum atomic E-state index is -0.500. The topological polar surface area (TPSA) is 12.5 Å². The molecule has 0 saturated carbocycles. The summed E-state index contributed by atoms with van der Waals surface area (Å²) in [4.78, 5) is 2.38. The minimum Gasteiger partial charge on any atom is -0.456 e. The molecule has 0 atom stereocenters. The zero-order valence-electron chi connectivity index (χ0n) is 37.7.